The van der Waals surface area contributed by atoms with Gasteiger partial charge in [-0.3, -0.25) is 4.68 Å². The van der Waals surface area contributed by atoms with Gasteiger partial charge in [0.2, 0.25) is 0 Å². The molecule has 0 radical (unpaired) electrons. The van der Waals surface area contributed by atoms with Crippen LogP contribution in [0.5, 0.6) is 0 Å². The highest BCUT2D eigenvalue weighted by Crippen LogP contribution is 2.01. The Morgan fingerprint density at radius 1 is 1.33 bits per heavy atom. The van der Waals surface area contributed by atoms with Crippen LogP contribution in [0, 0.1) is 0 Å². The predicted octanol–water partition coefficient (Wildman–Crippen LogP) is 1.51. The first-order valence-corrected chi connectivity index (χ1v) is 6.73. The lowest BCUT2D eigenvalue weighted by Gasteiger charge is -2.19. The van der Waals surface area contributed by atoms with E-state index in [1.54, 1.807) is 0 Å². The second-order valence-corrected chi connectivity index (χ2v) is 5.88. The van der Waals surface area contributed by atoms with Gasteiger partial charge in [-0.05, 0) is 40.8 Å². The third-order valence-corrected chi connectivity index (χ3v) is 2.70. The number of nitrogens with one attached hydrogen (secondary N) is 1. The highest BCUT2D eigenvalue weighted by Gasteiger charge is 2.10. The van der Waals surface area contributed by atoms with E-state index < -0.39 is 0 Å². The van der Waals surface area contributed by atoms with Crippen LogP contribution in [0.25, 0.3) is 0 Å². The molecule has 0 saturated heterocycles. The Morgan fingerprint density at radius 2 is 2.06 bits per heavy atom. The minimum atomic E-state index is 0.116. The van der Waals surface area contributed by atoms with Crippen molar-refractivity contribution in [2.75, 3.05) is 20.1 Å². The molecule has 5 nitrogen and oxygen atoms in total. The summed E-state index contributed by atoms with van der Waals surface area (Å²) in [5, 5.41) is 11.7. The molecule has 0 aliphatic heterocycles. The van der Waals surface area contributed by atoms with Gasteiger partial charge in [0.15, 0.2) is 0 Å². The third kappa shape index (κ3) is 6.12. The first-order valence-electron chi connectivity index (χ1n) is 6.73. The number of likely N-dealkylation sites (N-methyl/N-ethyl adjacent to an activating group) is 1. The van der Waals surface area contributed by atoms with E-state index in [9.17, 15) is 0 Å². The summed E-state index contributed by atoms with van der Waals surface area (Å²) in [4.78, 5) is 2.31. The second-order valence-electron chi connectivity index (χ2n) is 5.88. The van der Waals surface area contributed by atoms with E-state index in [0.717, 1.165) is 31.9 Å². The molecule has 0 atom stereocenters. The van der Waals surface area contributed by atoms with Crippen molar-refractivity contribution in [3.05, 3.63) is 11.9 Å². The van der Waals surface area contributed by atoms with E-state index in [0.29, 0.717) is 0 Å². The average molecular weight is 253 g/mol. The Balaban J connectivity index is 2.34. The van der Waals surface area contributed by atoms with Crippen molar-refractivity contribution in [1.82, 2.24) is 25.2 Å². The zero-order valence-corrected chi connectivity index (χ0v) is 12.4. The van der Waals surface area contributed by atoms with Gasteiger partial charge in [-0.15, -0.1) is 5.10 Å². The van der Waals surface area contributed by atoms with E-state index in [1.807, 2.05) is 10.9 Å². The number of rotatable bonds is 7. The van der Waals surface area contributed by atoms with E-state index in [2.05, 4.69) is 55.3 Å². The first-order chi connectivity index (χ1) is 8.40. The zero-order valence-electron chi connectivity index (χ0n) is 12.4. The van der Waals surface area contributed by atoms with Crippen molar-refractivity contribution >= 4 is 0 Å². The summed E-state index contributed by atoms with van der Waals surface area (Å²) in [5.74, 6) is 0. The smallest absolute Gasteiger partial charge is 0.0965 e. The Kier molecular flexibility index (Phi) is 5.75. The summed E-state index contributed by atoms with van der Waals surface area (Å²) in [5.41, 5.74) is 1.12. The quantitative estimate of drug-likeness (QED) is 0.800. The SMILES string of the molecule is CCCN(C)CCn1cc(CNC(C)(C)C)nn1. The molecule has 0 fully saturated rings. The molecule has 1 aromatic rings. The van der Waals surface area contributed by atoms with Crippen molar-refractivity contribution in [1.29, 1.82) is 0 Å². The maximum Gasteiger partial charge on any atom is 0.0965 e. The van der Waals surface area contributed by atoms with Crippen LogP contribution in [0.3, 0.4) is 0 Å². The molecule has 1 heterocycles. The third-order valence-electron chi connectivity index (χ3n) is 2.70. The van der Waals surface area contributed by atoms with E-state index >= 15 is 0 Å². The molecular weight excluding hydrogens is 226 g/mol. The van der Waals surface area contributed by atoms with Crippen LogP contribution in [0.4, 0.5) is 0 Å². The van der Waals surface area contributed by atoms with Crippen molar-refractivity contribution in [3.63, 3.8) is 0 Å². The standard InChI is InChI=1S/C13H27N5/c1-6-7-17(5)8-9-18-11-12(15-16-18)10-14-13(2,3)4/h11,14H,6-10H2,1-5H3. The average Bonchev–Trinajstić information content (AvgIpc) is 2.71. The van der Waals surface area contributed by atoms with Crippen molar-refractivity contribution in [2.45, 2.75) is 52.7 Å². The lowest BCUT2D eigenvalue weighted by Crippen LogP contribution is -2.35. The molecule has 1 rings (SSSR count). The molecular formula is C13H27N5. The molecule has 0 spiro atoms. The summed E-state index contributed by atoms with van der Waals surface area (Å²) in [6, 6.07) is 0. The summed E-state index contributed by atoms with van der Waals surface area (Å²) < 4.78 is 1.92. The fourth-order valence-corrected chi connectivity index (χ4v) is 1.65. The summed E-state index contributed by atoms with van der Waals surface area (Å²) in [7, 11) is 2.14. The van der Waals surface area contributed by atoms with Crippen LogP contribution in [0.2, 0.25) is 0 Å². The Hall–Kier alpha value is -0.940. The van der Waals surface area contributed by atoms with E-state index in [4.69, 9.17) is 0 Å². The monoisotopic (exact) mass is 253 g/mol. The maximum atomic E-state index is 4.18. The van der Waals surface area contributed by atoms with Gasteiger partial charge < -0.3 is 10.2 Å². The van der Waals surface area contributed by atoms with Crippen molar-refractivity contribution < 1.29 is 0 Å². The van der Waals surface area contributed by atoms with Gasteiger partial charge in [-0.1, -0.05) is 12.1 Å². The molecule has 0 bridgehead atoms. The zero-order chi connectivity index (χ0) is 13.6. The Morgan fingerprint density at radius 3 is 2.67 bits per heavy atom. The highest BCUT2D eigenvalue weighted by molar-refractivity contribution is 4.93. The van der Waals surface area contributed by atoms with Gasteiger partial charge in [-0.25, -0.2) is 0 Å². The molecule has 104 valence electrons. The first kappa shape index (κ1) is 15.1. The van der Waals surface area contributed by atoms with Crippen LogP contribution in [-0.4, -0.2) is 45.6 Å². The minimum absolute atomic E-state index is 0.116. The Labute approximate surface area is 111 Å². The molecule has 5 heteroatoms. The summed E-state index contributed by atoms with van der Waals surface area (Å²) >= 11 is 0. The van der Waals surface area contributed by atoms with Gasteiger partial charge in [0, 0.05) is 24.8 Å². The Bertz CT molecular complexity index is 339. The lowest BCUT2D eigenvalue weighted by molar-refractivity contribution is 0.311. The van der Waals surface area contributed by atoms with Gasteiger partial charge in [-0.2, -0.15) is 0 Å². The molecule has 0 saturated carbocycles. The molecule has 18 heavy (non-hydrogen) atoms. The maximum absolute atomic E-state index is 4.18. The minimum Gasteiger partial charge on any atom is -0.306 e. The summed E-state index contributed by atoms with van der Waals surface area (Å²) in [6.45, 7) is 12.5. The van der Waals surface area contributed by atoms with E-state index in [1.165, 1.54) is 6.42 Å². The fourth-order valence-electron chi connectivity index (χ4n) is 1.65. The molecule has 0 aromatic carbocycles. The topological polar surface area (TPSA) is 46.0 Å². The van der Waals surface area contributed by atoms with Crippen LogP contribution < -0.4 is 5.32 Å². The van der Waals surface area contributed by atoms with Crippen molar-refractivity contribution in [2.24, 2.45) is 0 Å². The molecule has 1 aromatic heterocycles. The fraction of sp³-hybridized carbons (Fsp3) is 0.846. The number of hydrogen-bond donors (Lipinski definition) is 1. The molecule has 0 aliphatic rings. The highest BCUT2D eigenvalue weighted by atomic mass is 15.4. The van der Waals surface area contributed by atoms with Gasteiger partial charge >= 0.3 is 0 Å². The molecule has 1 N–H and O–H groups in total. The predicted molar refractivity (Wildman–Crippen MR) is 74.4 cm³/mol. The molecule has 0 aliphatic carbocycles. The van der Waals surface area contributed by atoms with Crippen LogP contribution in [0.1, 0.15) is 39.8 Å². The van der Waals surface area contributed by atoms with Crippen LogP contribution >= 0.6 is 0 Å². The van der Waals surface area contributed by atoms with Gasteiger partial charge in [0.25, 0.3) is 0 Å². The van der Waals surface area contributed by atoms with Gasteiger partial charge in [0.05, 0.1) is 12.2 Å². The number of nitrogens with zero attached hydrogens (tertiary/aromatic N) is 4. The van der Waals surface area contributed by atoms with Crippen LogP contribution in [-0.2, 0) is 13.1 Å². The van der Waals surface area contributed by atoms with Crippen LogP contribution in [0.15, 0.2) is 6.20 Å². The summed E-state index contributed by atoms with van der Waals surface area (Å²) in [6.07, 6.45) is 3.22. The van der Waals surface area contributed by atoms with E-state index in [-0.39, 0.29) is 5.54 Å². The molecule has 0 unspecified atom stereocenters. The second kappa shape index (κ2) is 6.85. The normalized spacial score (nSPS) is 12.3. The number of aromatic nitrogens is 3. The number of hydrogen-bond acceptors (Lipinski definition) is 4. The molecule has 0 amide bonds. The largest absolute Gasteiger partial charge is 0.306 e. The van der Waals surface area contributed by atoms with Gasteiger partial charge in [0.1, 0.15) is 0 Å². The lowest BCUT2D eigenvalue weighted by atomic mass is 10.1. The van der Waals surface area contributed by atoms with Crippen molar-refractivity contribution in [3.8, 4) is 0 Å².